The number of nitrogens with one attached hydrogen (secondary N) is 1. The molecule has 1 aromatic rings. The molecule has 8 nitrogen and oxygen atoms in total. The Morgan fingerprint density at radius 2 is 2.07 bits per heavy atom. The lowest BCUT2D eigenvalue weighted by Gasteiger charge is -2.17. The molecule has 0 bridgehead atoms. The number of halogens is 1. The van der Waals surface area contributed by atoms with E-state index < -0.39 is 41.1 Å². The van der Waals surface area contributed by atoms with E-state index in [1.54, 1.807) is 13.0 Å². The average Bonchev–Trinajstić information content (AvgIpc) is 2.85. The monoisotopic (exact) mass is 380 g/mol. The van der Waals surface area contributed by atoms with Crippen LogP contribution in [0.3, 0.4) is 0 Å². The van der Waals surface area contributed by atoms with E-state index in [1.807, 2.05) is 0 Å². The zero-order chi connectivity index (χ0) is 20.0. The van der Waals surface area contributed by atoms with Gasteiger partial charge in [-0.05, 0) is 12.0 Å². The molecule has 1 aliphatic carbocycles. The lowest BCUT2D eigenvalue weighted by molar-refractivity contribution is -0.490. The van der Waals surface area contributed by atoms with E-state index in [1.165, 1.54) is 18.2 Å². The number of hydrogen-bond acceptors (Lipinski definition) is 6. The molecule has 146 valence electrons. The molecule has 1 fully saturated rings. The Hall–Kier alpha value is -2.84. The second-order valence-electron chi connectivity index (χ2n) is 6.67. The van der Waals surface area contributed by atoms with E-state index >= 15 is 0 Å². The quantitative estimate of drug-likeness (QED) is 0.415. The fourth-order valence-corrected chi connectivity index (χ4v) is 3.27. The molecule has 27 heavy (non-hydrogen) atoms. The number of nitrogens with zero attached hydrogens (tertiary/aromatic N) is 1. The standard InChI is InChI=1S/C18H21FN2O6/c1-11-6-16(22)13(14(11)9-21(25)26)7-18(24)27-10-17(23)20-8-12-4-2-3-5-15(12)19/h2-5,11,13-14H,6-10H2,1H3,(H,20,23)/t11-,13-,14+/m0/s1. The van der Waals surface area contributed by atoms with E-state index in [4.69, 9.17) is 4.74 Å². The molecule has 0 aromatic heterocycles. The maximum Gasteiger partial charge on any atom is 0.307 e. The van der Waals surface area contributed by atoms with Gasteiger partial charge in [-0.2, -0.15) is 0 Å². The predicted molar refractivity (Wildman–Crippen MR) is 91.5 cm³/mol. The first-order chi connectivity index (χ1) is 12.8. The summed E-state index contributed by atoms with van der Waals surface area (Å²) in [6.45, 7) is 0.748. The van der Waals surface area contributed by atoms with Gasteiger partial charge in [0, 0.05) is 35.3 Å². The molecule has 0 unspecified atom stereocenters. The summed E-state index contributed by atoms with van der Waals surface area (Å²) in [6, 6.07) is 5.94. The Morgan fingerprint density at radius 3 is 2.74 bits per heavy atom. The van der Waals surface area contributed by atoms with Crippen molar-refractivity contribution in [3.8, 4) is 0 Å². The highest BCUT2D eigenvalue weighted by atomic mass is 19.1. The zero-order valence-corrected chi connectivity index (χ0v) is 14.9. The van der Waals surface area contributed by atoms with Gasteiger partial charge in [0.25, 0.3) is 5.91 Å². The third kappa shape index (κ3) is 5.83. The van der Waals surface area contributed by atoms with Gasteiger partial charge in [0.15, 0.2) is 6.61 Å². The van der Waals surface area contributed by atoms with Crippen molar-refractivity contribution in [2.75, 3.05) is 13.2 Å². The topological polar surface area (TPSA) is 116 Å². The lowest BCUT2D eigenvalue weighted by atomic mass is 9.88. The smallest absolute Gasteiger partial charge is 0.307 e. The number of hydrogen-bond donors (Lipinski definition) is 1. The third-order valence-electron chi connectivity index (χ3n) is 4.73. The van der Waals surface area contributed by atoms with Crippen molar-refractivity contribution in [3.63, 3.8) is 0 Å². The Bertz CT molecular complexity index is 738. The van der Waals surface area contributed by atoms with Gasteiger partial charge in [-0.15, -0.1) is 0 Å². The van der Waals surface area contributed by atoms with Crippen molar-refractivity contribution in [1.82, 2.24) is 5.32 Å². The lowest BCUT2D eigenvalue weighted by Crippen LogP contribution is -2.31. The molecule has 1 saturated carbocycles. The van der Waals surface area contributed by atoms with E-state index in [9.17, 15) is 28.9 Å². The van der Waals surface area contributed by atoms with E-state index in [0.717, 1.165) is 0 Å². The SMILES string of the molecule is C[C@H]1CC(=O)[C@@H](CC(=O)OCC(=O)NCc2ccccc2F)[C@@H]1C[N+](=O)[O-]. The summed E-state index contributed by atoms with van der Waals surface area (Å²) in [5.74, 6) is -3.49. The average molecular weight is 380 g/mol. The van der Waals surface area contributed by atoms with E-state index in [0.29, 0.717) is 5.56 Å². The minimum atomic E-state index is -0.767. The summed E-state index contributed by atoms with van der Waals surface area (Å²) in [5, 5.41) is 13.2. The first kappa shape index (κ1) is 20.5. The molecule has 3 atom stereocenters. The molecule has 0 aliphatic heterocycles. The molecule has 0 spiro atoms. The van der Waals surface area contributed by atoms with Crippen molar-refractivity contribution in [3.05, 3.63) is 45.8 Å². The molecule has 1 aromatic carbocycles. The fourth-order valence-electron chi connectivity index (χ4n) is 3.27. The number of carbonyl (C=O) groups excluding carboxylic acids is 3. The van der Waals surface area contributed by atoms with Gasteiger partial charge in [-0.25, -0.2) is 4.39 Å². The molecule has 0 heterocycles. The van der Waals surface area contributed by atoms with E-state index in [-0.39, 0.29) is 37.6 Å². The van der Waals surface area contributed by atoms with Crippen molar-refractivity contribution in [2.45, 2.75) is 26.3 Å². The minimum absolute atomic E-state index is 0.0490. The zero-order valence-electron chi connectivity index (χ0n) is 14.9. The highest BCUT2D eigenvalue weighted by Gasteiger charge is 2.44. The number of esters is 1. The van der Waals surface area contributed by atoms with Crippen LogP contribution in [-0.4, -0.2) is 35.7 Å². The highest BCUT2D eigenvalue weighted by Crippen LogP contribution is 2.36. The van der Waals surface area contributed by atoms with Gasteiger partial charge in [-0.1, -0.05) is 25.1 Å². The number of rotatable bonds is 8. The molecule has 1 N–H and O–H groups in total. The summed E-state index contributed by atoms with van der Waals surface area (Å²) in [7, 11) is 0. The maximum atomic E-state index is 13.5. The Balaban J connectivity index is 1.79. The van der Waals surface area contributed by atoms with Gasteiger partial charge < -0.3 is 10.1 Å². The van der Waals surface area contributed by atoms with Gasteiger partial charge in [0.05, 0.1) is 6.42 Å². The minimum Gasteiger partial charge on any atom is -0.456 e. The molecule has 0 radical (unpaired) electrons. The van der Waals surface area contributed by atoms with Gasteiger partial charge in [0.1, 0.15) is 11.6 Å². The second kappa shape index (κ2) is 9.20. The molecular formula is C18H21FN2O6. The Morgan fingerprint density at radius 1 is 1.37 bits per heavy atom. The van der Waals surface area contributed by atoms with Gasteiger partial charge in [-0.3, -0.25) is 24.5 Å². The number of nitro groups is 1. The number of ether oxygens (including phenoxy) is 1. The summed E-state index contributed by atoms with van der Waals surface area (Å²) >= 11 is 0. The fraction of sp³-hybridized carbons (Fsp3) is 0.500. The number of benzene rings is 1. The van der Waals surface area contributed by atoms with Crippen molar-refractivity contribution in [1.29, 1.82) is 0 Å². The largest absolute Gasteiger partial charge is 0.456 e. The van der Waals surface area contributed by atoms with Crippen LogP contribution in [-0.2, 0) is 25.7 Å². The van der Waals surface area contributed by atoms with Crippen LogP contribution in [0.2, 0.25) is 0 Å². The Labute approximate surface area is 155 Å². The normalized spacial score (nSPS) is 21.7. The van der Waals surface area contributed by atoms with Gasteiger partial charge >= 0.3 is 5.97 Å². The van der Waals surface area contributed by atoms with Crippen LogP contribution in [0.25, 0.3) is 0 Å². The summed E-state index contributed by atoms with van der Waals surface area (Å²) in [6.07, 6.45) is -0.0954. The number of amides is 1. The summed E-state index contributed by atoms with van der Waals surface area (Å²) in [5.41, 5.74) is 0.297. The van der Waals surface area contributed by atoms with Crippen LogP contribution in [0.5, 0.6) is 0 Å². The van der Waals surface area contributed by atoms with Crippen LogP contribution in [0.4, 0.5) is 4.39 Å². The van der Waals surface area contributed by atoms with Crippen LogP contribution < -0.4 is 5.32 Å². The van der Waals surface area contributed by atoms with Crippen LogP contribution in [0.1, 0.15) is 25.3 Å². The van der Waals surface area contributed by atoms with Crippen LogP contribution >= 0.6 is 0 Å². The van der Waals surface area contributed by atoms with Crippen molar-refractivity contribution in [2.24, 2.45) is 17.8 Å². The highest BCUT2D eigenvalue weighted by molar-refractivity contribution is 5.88. The predicted octanol–water partition coefficient (Wildman–Crippen LogP) is 1.49. The molecular weight excluding hydrogens is 359 g/mol. The maximum absolute atomic E-state index is 13.5. The first-order valence-electron chi connectivity index (χ1n) is 8.58. The third-order valence-corrected chi connectivity index (χ3v) is 4.73. The molecule has 9 heteroatoms. The van der Waals surface area contributed by atoms with Crippen molar-refractivity contribution >= 4 is 17.7 Å². The van der Waals surface area contributed by atoms with E-state index in [2.05, 4.69) is 5.32 Å². The molecule has 1 aliphatic rings. The molecule has 1 amide bonds. The Kier molecular flexibility index (Phi) is 6.98. The molecule has 0 saturated heterocycles. The van der Waals surface area contributed by atoms with Crippen molar-refractivity contribution < 1.29 is 28.4 Å². The number of ketones is 1. The summed E-state index contributed by atoms with van der Waals surface area (Å²) < 4.78 is 18.3. The van der Waals surface area contributed by atoms with Gasteiger partial charge in [0.2, 0.25) is 6.54 Å². The first-order valence-corrected chi connectivity index (χ1v) is 8.58. The van der Waals surface area contributed by atoms with Crippen LogP contribution in [0, 0.1) is 33.7 Å². The number of carbonyl (C=O) groups is 3. The summed E-state index contributed by atoms with van der Waals surface area (Å²) in [4.78, 5) is 45.9. The number of Topliss-reactive ketones (excluding diaryl/α,β-unsaturated/α-hetero) is 1. The van der Waals surface area contributed by atoms with Crippen LogP contribution in [0.15, 0.2) is 24.3 Å². The molecule has 2 rings (SSSR count). The second-order valence-corrected chi connectivity index (χ2v) is 6.67.